The molecule has 2 aromatic carbocycles. The average molecular weight is 544 g/mol. The van der Waals surface area contributed by atoms with Crippen LogP contribution in [-0.4, -0.2) is 103 Å². The maximum absolute atomic E-state index is 13.3. The van der Waals surface area contributed by atoms with Crippen LogP contribution in [0.3, 0.4) is 0 Å². The summed E-state index contributed by atoms with van der Waals surface area (Å²) in [5.74, 6) is 1.67. The summed E-state index contributed by atoms with van der Waals surface area (Å²) in [7, 11) is 4.81. The number of likely N-dealkylation sites (N-methyl/N-ethyl adjacent to an activating group) is 2. The Hall–Kier alpha value is -3.14. The summed E-state index contributed by atoms with van der Waals surface area (Å²) in [4.78, 5) is 37.9. The molecule has 1 atom stereocenters. The second-order valence-electron chi connectivity index (χ2n) is 9.32. The second-order valence-corrected chi connectivity index (χ2v) is 10.1. The van der Waals surface area contributed by atoms with E-state index in [1.807, 2.05) is 16.7 Å². The number of imide groups is 1. The number of halogens is 2. The van der Waals surface area contributed by atoms with Crippen molar-refractivity contribution in [2.75, 3.05) is 58.8 Å². The van der Waals surface area contributed by atoms with Crippen molar-refractivity contribution in [2.45, 2.75) is 12.6 Å². The summed E-state index contributed by atoms with van der Waals surface area (Å²) in [6.45, 7) is 4.21. The van der Waals surface area contributed by atoms with Crippen molar-refractivity contribution in [3.05, 3.63) is 58.1 Å². The SMILES string of the molecule is COc1ccc(N2CCN(CC3=[N+](Cc4c(Cl)cccc4Cl)C4C(=O)N(C)C(=O)N(C)C4=N3)CC2)cc1. The zero-order valence-corrected chi connectivity index (χ0v) is 22.5. The lowest BCUT2D eigenvalue weighted by Crippen LogP contribution is -2.61. The smallest absolute Gasteiger partial charge is 0.333 e. The minimum absolute atomic E-state index is 0.304. The molecule has 0 spiro atoms. The van der Waals surface area contributed by atoms with Gasteiger partial charge in [-0.1, -0.05) is 29.3 Å². The Morgan fingerprint density at radius 1 is 0.973 bits per heavy atom. The van der Waals surface area contributed by atoms with Gasteiger partial charge in [0.25, 0.3) is 17.8 Å². The van der Waals surface area contributed by atoms with Crippen LogP contribution >= 0.6 is 23.2 Å². The molecule has 0 aromatic heterocycles. The number of amidine groups is 2. The Kier molecular flexibility index (Phi) is 7.11. The van der Waals surface area contributed by atoms with E-state index >= 15 is 0 Å². The summed E-state index contributed by atoms with van der Waals surface area (Å²) in [5.41, 5.74) is 1.88. The van der Waals surface area contributed by atoms with Gasteiger partial charge in [0, 0.05) is 61.6 Å². The van der Waals surface area contributed by atoms with Crippen molar-refractivity contribution in [2.24, 2.45) is 4.99 Å². The molecule has 3 amide bonds. The lowest BCUT2D eigenvalue weighted by atomic mass is 10.1. The van der Waals surface area contributed by atoms with E-state index in [-0.39, 0.29) is 5.91 Å². The fourth-order valence-corrected chi connectivity index (χ4v) is 5.49. The van der Waals surface area contributed by atoms with Gasteiger partial charge in [-0.25, -0.2) is 9.37 Å². The van der Waals surface area contributed by atoms with Crippen molar-refractivity contribution in [1.29, 1.82) is 0 Å². The molecule has 3 aliphatic rings. The number of piperazine rings is 1. The number of benzene rings is 2. The Morgan fingerprint density at radius 3 is 2.24 bits per heavy atom. The van der Waals surface area contributed by atoms with Crippen LogP contribution in [0.5, 0.6) is 5.75 Å². The molecule has 1 unspecified atom stereocenters. The summed E-state index contributed by atoms with van der Waals surface area (Å²) < 4.78 is 7.20. The third kappa shape index (κ3) is 4.79. The molecule has 194 valence electrons. The normalized spacial score (nSPS) is 20.5. The van der Waals surface area contributed by atoms with Crippen LogP contribution in [0.1, 0.15) is 5.56 Å². The van der Waals surface area contributed by atoms with Gasteiger partial charge in [0.2, 0.25) is 0 Å². The quantitative estimate of drug-likeness (QED) is 0.523. The van der Waals surface area contributed by atoms with Crippen LogP contribution in [0, 0.1) is 0 Å². The first kappa shape index (κ1) is 25.5. The second kappa shape index (κ2) is 10.3. The first-order valence-corrected chi connectivity index (χ1v) is 12.8. The maximum atomic E-state index is 13.3. The van der Waals surface area contributed by atoms with E-state index in [0.29, 0.717) is 29.0 Å². The number of aliphatic imine (C=N–C) groups is 1. The molecule has 3 heterocycles. The van der Waals surface area contributed by atoms with Gasteiger partial charge < -0.3 is 9.64 Å². The molecular weight excluding hydrogens is 515 g/mol. The molecule has 0 aliphatic carbocycles. The average Bonchev–Trinajstić information content (AvgIpc) is 3.26. The van der Waals surface area contributed by atoms with Crippen LogP contribution in [0.2, 0.25) is 10.0 Å². The first-order valence-electron chi connectivity index (χ1n) is 12.1. The third-order valence-electron chi connectivity index (χ3n) is 7.18. The highest BCUT2D eigenvalue weighted by atomic mass is 35.5. The molecular formula is C26H29Cl2N6O3+. The summed E-state index contributed by atoms with van der Waals surface area (Å²) in [5, 5.41) is 1.05. The summed E-state index contributed by atoms with van der Waals surface area (Å²) in [6.07, 6.45) is 0. The first-order chi connectivity index (χ1) is 17.8. The van der Waals surface area contributed by atoms with Crippen LogP contribution in [-0.2, 0) is 11.3 Å². The molecule has 0 radical (unpaired) electrons. The molecule has 9 nitrogen and oxygen atoms in total. The van der Waals surface area contributed by atoms with Crippen molar-refractivity contribution in [3.63, 3.8) is 0 Å². The number of urea groups is 1. The van der Waals surface area contributed by atoms with E-state index in [1.165, 1.54) is 11.9 Å². The van der Waals surface area contributed by atoms with E-state index in [4.69, 9.17) is 32.9 Å². The van der Waals surface area contributed by atoms with Gasteiger partial charge in [-0.3, -0.25) is 19.5 Å². The zero-order chi connectivity index (χ0) is 26.3. The van der Waals surface area contributed by atoms with Crippen molar-refractivity contribution >= 4 is 52.5 Å². The molecule has 11 heteroatoms. The van der Waals surface area contributed by atoms with Gasteiger partial charge in [0.05, 0.1) is 7.11 Å². The third-order valence-corrected chi connectivity index (χ3v) is 7.89. The number of nitrogens with zero attached hydrogens (tertiary/aromatic N) is 6. The molecule has 0 N–H and O–H groups in total. The molecule has 2 fully saturated rings. The lowest BCUT2D eigenvalue weighted by molar-refractivity contribution is -0.552. The van der Waals surface area contributed by atoms with Crippen molar-refractivity contribution < 1.29 is 18.9 Å². The number of fused-ring (bicyclic) bond motifs is 1. The maximum Gasteiger partial charge on any atom is 0.333 e. The zero-order valence-electron chi connectivity index (χ0n) is 21.0. The number of amides is 3. The highest BCUT2D eigenvalue weighted by Gasteiger charge is 2.53. The minimum atomic E-state index is -0.712. The van der Waals surface area contributed by atoms with E-state index in [0.717, 1.165) is 53.9 Å². The Labute approximate surface area is 226 Å². The Balaban J connectivity index is 1.39. The van der Waals surface area contributed by atoms with Gasteiger partial charge in [-0.2, -0.15) is 0 Å². The Morgan fingerprint density at radius 2 is 1.62 bits per heavy atom. The van der Waals surface area contributed by atoms with Crippen LogP contribution < -0.4 is 9.64 Å². The largest absolute Gasteiger partial charge is 0.497 e. The molecule has 5 rings (SSSR count). The van der Waals surface area contributed by atoms with Gasteiger partial charge in [0.15, 0.2) is 0 Å². The molecule has 2 saturated heterocycles. The van der Waals surface area contributed by atoms with E-state index in [2.05, 4.69) is 21.9 Å². The van der Waals surface area contributed by atoms with Gasteiger partial charge in [-0.15, -0.1) is 0 Å². The molecule has 3 aliphatic heterocycles. The van der Waals surface area contributed by atoms with Crippen molar-refractivity contribution in [3.8, 4) is 5.75 Å². The predicted molar refractivity (Wildman–Crippen MR) is 144 cm³/mol. The monoisotopic (exact) mass is 543 g/mol. The molecule has 37 heavy (non-hydrogen) atoms. The van der Waals surface area contributed by atoms with E-state index < -0.39 is 12.1 Å². The van der Waals surface area contributed by atoms with Crippen LogP contribution in [0.4, 0.5) is 10.5 Å². The van der Waals surface area contributed by atoms with Gasteiger partial charge in [-0.05, 0) is 41.4 Å². The van der Waals surface area contributed by atoms with Gasteiger partial charge >= 0.3 is 11.9 Å². The Bertz CT molecular complexity index is 1270. The highest BCUT2D eigenvalue weighted by Crippen LogP contribution is 2.28. The van der Waals surface area contributed by atoms with Crippen LogP contribution in [0.15, 0.2) is 47.5 Å². The van der Waals surface area contributed by atoms with Crippen LogP contribution in [0.25, 0.3) is 0 Å². The molecule has 0 saturated carbocycles. The summed E-state index contributed by atoms with van der Waals surface area (Å²) in [6, 6.07) is 12.3. The fraction of sp³-hybridized carbons (Fsp3) is 0.385. The number of anilines is 1. The number of rotatable bonds is 6. The number of hydrogen-bond acceptors (Lipinski definition) is 6. The number of ether oxygens (including phenoxy) is 1. The number of carbonyl (C=O) groups excluding carboxylic acids is 2. The highest BCUT2D eigenvalue weighted by molar-refractivity contribution is 6.36. The predicted octanol–water partition coefficient (Wildman–Crippen LogP) is 3.04. The lowest BCUT2D eigenvalue weighted by Gasteiger charge is -2.35. The van der Waals surface area contributed by atoms with Crippen molar-refractivity contribution in [1.82, 2.24) is 14.7 Å². The standard InChI is InChI=1S/C26H29Cl2N6O3/c1-30-24-23(25(35)31(2)26(30)36)34(15-19-20(27)5-4-6-21(19)28)22(29-24)16-32-11-13-33(14-12-32)17-7-9-18(37-3)10-8-17/h4-10,23H,11-16H2,1-3H3/q+1. The van der Waals surface area contributed by atoms with E-state index in [9.17, 15) is 9.59 Å². The molecule has 2 aromatic rings. The number of hydrogen-bond donors (Lipinski definition) is 0. The fourth-order valence-electron chi connectivity index (χ4n) is 4.97. The summed E-state index contributed by atoms with van der Waals surface area (Å²) >= 11 is 13.0. The topological polar surface area (TPSA) is 71.7 Å². The van der Waals surface area contributed by atoms with E-state index in [1.54, 1.807) is 32.4 Å². The molecule has 0 bridgehead atoms. The van der Waals surface area contributed by atoms with Gasteiger partial charge in [0.1, 0.15) is 18.8 Å². The minimum Gasteiger partial charge on any atom is -0.497 e. The number of methoxy groups -OCH3 is 1. The number of carbonyl (C=O) groups is 2.